The van der Waals surface area contributed by atoms with Crippen LogP contribution in [0.4, 0.5) is 4.79 Å². The summed E-state index contributed by atoms with van der Waals surface area (Å²) in [6.45, 7) is 15.5. The number of nitrogens with two attached hydrogens (primary N) is 2. The number of aliphatic hydroxyl groups excluding tert-OH is 1. The normalized spacial score (nSPS) is 14.4. The highest BCUT2D eigenvalue weighted by molar-refractivity contribution is 5.98. The number of amides is 7. The second kappa shape index (κ2) is 25.7. The molecule has 380 valence electrons. The Balaban J connectivity index is 2.27. The molecule has 23 nitrogen and oxygen atoms in total. The first-order valence-corrected chi connectivity index (χ1v) is 22.2. The van der Waals surface area contributed by atoms with Gasteiger partial charge in [0.1, 0.15) is 41.0 Å². The van der Waals surface area contributed by atoms with Gasteiger partial charge in [0, 0.05) is 43.5 Å². The first-order chi connectivity index (χ1) is 31.3. The average Bonchev–Trinajstić information content (AvgIpc) is 3.60. The Hall–Kier alpha value is -6.33. The van der Waals surface area contributed by atoms with E-state index in [0.29, 0.717) is 12.0 Å². The van der Waals surface area contributed by atoms with E-state index in [-0.39, 0.29) is 25.8 Å². The summed E-state index contributed by atoms with van der Waals surface area (Å²) in [6, 6.07) is -0.222. The fraction of sp³-hybridized carbons (Fsp3) is 0.622. The zero-order valence-electron chi connectivity index (χ0n) is 41.0. The van der Waals surface area contributed by atoms with Gasteiger partial charge in [0.15, 0.2) is 0 Å². The minimum Gasteiger partial charge on any atom is -0.460 e. The van der Waals surface area contributed by atoms with Crippen LogP contribution in [-0.4, -0.2) is 142 Å². The number of likely N-dealkylation sites (N-methyl/N-ethyl adjacent to an activating group) is 1. The Morgan fingerprint density at radius 2 is 1.31 bits per heavy atom. The van der Waals surface area contributed by atoms with Gasteiger partial charge in [-0.2, -0.15) is 0 Å². The van der Waals surface area contributed by atoms with Crippen molar-refractivity contribution in [2.24, 2.45) is 11.5 Å². The van der Waals surface area contributed by atoms with Gasteiger partial charge in [-0.25, -0.2) is 10.2 Å². The largest absolute Gasteiger partial charge is 0.460 e. The number of aromatic amines is 1. The molecule has 0 fully saturated rings. The van der Waals surface area contributed by atoms with Gasteiger partial charge in [-0.1, -0.05) is 18.2 Å². The summed E-state index contributed by atoms with van der Waals surface area (Å²) < 4.78 is 15.9. The van der Waals surface area contributed by atoms with Crippen LogP contribution in [-0.2, 0) is 59.0 Å². The van der Waals surface area contributed by atoms with Crippen LogP contribution in [0, 0.1) is 0 Å². The molecule has 1 aromatic heterocycles. The molecule has 0 spiro atoms. The molecule has 0 bridgehead atoms. The lowest BCUT2D eigenvalue weighted by Gasteiger charge is -2.28. The maximum Gasteiger partial charge on any atom is 0.422 e. The van der Waals surface area contributed by atoms with Crippen LogP contribution in [0.1, 0.15) is 107 Å². The number of aliphatic hydroxyl groups is 1. The summed E-state index contributed by atoms with van der Waals surface area (Å²) in [5.41, 5.74) is 15.6. The maximum atomic E-state index is 14.1. The van der Waals surface area contributed by atoms with Crippen molar-refractivity contribution in [2.45, 2.75) is 161 Å². The highest BCUT2D eigenvalue weighted by Crippen LogP contribution is 2.20. The van der Waals surface area contributed by atoms with E-state index in [2.05, 4.69) is 37.1 Å². The first kappa shape index (κ1) is 57.8. The second-order valence-electron chi connectivity index (χ2n) is 19.3. The van der Waals surface area contributed by atoms with Gasteiger partial charge in [-0.15, -0.1) is 0 Å². The number of benzene rings is 1. The summed E-state index contributed by atoms with van der Waals surface area (Å²) >= 11 is 0. The van der Waals surface area contributed by atoms with Crippen LogP contribution in [0.3, 0.4) is 0 Å². The molecule has 2 rings (SSSR count). The molecule has 2 aromatic rings. The summed E-state index contributed by atoms with van der Waals surface area (Å²) in [6.07, 6.45) is -1.74. The van der Waals surface area contributed by atoms with Crippen LogP contribution < -0.4 is 43.6 Å². The lowest BCUT2D eigenvalue weighted by atomic mass is 10.0. The van der Waals surface area contributed by atoms with E-state index < -0.39 is 126 Å². The first-order valence-electron chi connectivity index (χ1n) is 22.2. The Morgan fingerprint density at radius 3 is 1.90 bits per heavy atom. The van der Waals surface area contributed by atoms with Crippen LogP contribution >= 0.6 is 0 Å². The minimum atomic E-state index is -1.80. The van der Waals surface area contributed by atoms with E-state index in [0.717, 1.165) is 15.8 Å². The number of hydrazine groups is 1. The zero-order valence-corrected chi connectivity index (χ0v) is 41.0. The number of rotatable bonds is 24. The molecule has 7 amide bonds. The molecular formula is C45H72N10O13. The number of carbonyl (C=O) groups is 9. The van der Waals surface area contributed by atoms with Crippen LogP contribution in [0.15, 0.2) is 30.5 Å². The third-order valence-corrected chi connectivity index (χ3v) is 9.43. The number of hydrogen-bond acceptors (Lipinski definition) is 15. The van der Waals surface area contributed by atoms with Crippen molar-refractivity contribution < 1.29 is 62.5 Å². The summed E-state index contributed by atoms with van der Waals surface area (Å²) in [4.78, 5) is 123. The predicted molar refractivity (Wildman–Crippen MR) is 248 cm³/mol. The monoisotopic (exact) mass is 961 g/mol. The number of para-hydroxylation sites is 1. The number of aromatic nitrogens is 1. The minimum absolute atomic E-state index is 0.0489. The van der Waals surface area contributed by atoms with Gasteiger partial charge >= 0.3 is 18.0 Å². The Morgan fingerprint density at radius 1 is 0.750 bits per heavy atom. The number of hydrogen-bond donors (Lipinski definition) is 10. The molecule has 6 atom stereocenters. The number of primary amides is 1. The fourth-order valence-electron chi connectivity index (χ4n) is 6.40. The van der Waals surface area contributed by atoms with Crippen LogP contribution in [0.2, 0.25) is 0 Å². The number of nitrogens with zero attached hydrogens (tertiary/aromatic N) is 1. The highest BCUT2D eigenvalue weighted by Gasteiger charge is 2.36. The molecule has 0 saturated heterocycles. The molecule has 12 N–H and O–H groups in total. The van der Waals surface area contributed by atoms with E-state index in [1.165, 1.54) is 14.0 Å². The summed E-state index contributed by atoms with van der Waals surface area (Å²) in [7, 11) is 1.30. The second-order valence-corrected chi connectivity index (χ2v) is 19.3. The van der Waals surface area contributed by atoms with Gasteiger partial charge in [0.25, 0.3) is 0 Å². The number of esters is 2. The van der Waals surface area contributed by atoms with Gasteiger partial charge < -0.3 is 61.9 Å². The van der Waals surface area contributed by atoms with E-state index in [1.807, 2.05) is 18.2 Å². The zero-order chi connectivity index (χ0) is 51.7. The molecule has 1 aromatic carbocycles. The number of ether oxygens (including phenoxy) is 3. The van der Waals surface area contributed by atoms with Gasteiger partial charge in [-0.3, -0.25) is 43.8 Å². The average molecular weight is 961 g/mol. The van der Waals surface area contributed by atoms with Crippen molar-refractivity contribution in [2.75, 3.05) is 20.1 Å². The summed E-state index contributed by atoms with van der Waals surface area (Å²) in [5, 5.41) is 21.1. The molecule has 1 heterocycles. The van der Waals surface area contributed by atoms with Gasteiger partial charge in [0.2, 0.25) is 35.4 Å². The third kappa shape index (κ3) is 21.5. The van der Waals surface area contributed by atoms with Crippen LogP contribution in [0.5, 0.6) is 0 Å². The lowest BCUT2D eigenvalue weighted by molar-refractivity contribution is -0.157. The van der Waals surface area contributed by atoms with E-state index in [1.54, 1.807) is 74.6 Å². The molecule has 68 heavy (non-hydrogen) atoms. The Bertz CT molecular complexity index is 2090. The lowest BCUT2D eigenvalue weighted by Crippen LogP contribution is -2.60. The molecule has 0 saturated carbocycles. The van der Waals surface area contributed by atoms with E-state index in [9.17, 15) is 48.3 Å². The van der Waals surface area contributed by atoms with Crippen molar-refractivity contribution in [3.8, 4) is 0 Å². The smallest absolute Gasteiger partial charge is 0.422 e. The molecule has 23 heteroatoms. The van der Waals surface area contributed by atoms with Gasteiger partial charge in [-0.05, 0) is 100 Å². The highest BCUT2D eigenvalue weighted by atomic mass is 16.6. The fourth-order valence-corrected chi connectivity index (χ4v) is 6.40. The van der Waals surface area contributed by atoms with Crippen molar-refractivity contribution in [1.29, 1.82) is 0 Å². The van der Waals surface area contributed by atoms with Gasteiger partial charge in [0.05, 0.1) is 25.1 Å². The van der Waals surface area contributed by atoms with E-state index in [4.69, 9.17) is 25.7 Å². The van der Waals surface area contributed by atoms with Crippen molar-refractivity contribution >= 4 is 64.4 Å². The Kier molecular flexibility index (Phi) is 21.8. The third-order valence-electron chi connectivity index (χ3n) is 9.43. The molecule has 0 unspecified atom stereocenters. The maximum absolute atomic E-state index is 14.1. The van der Waals surface area contributed by atoms with Crippen molar-refractivity contribution in [3.63, 3.8) is 0 Å². The van der Waals surface area contributed by atoms with Crippen molar-refractivity contribution in [1.82, 2.24) is 42.0 Å². The standard InChI is InChI=1S/C45H72N10O13/c1-25(56)36(53-33(57)24-55(11)41(64)28(46)16-14-20-49-54-42(65)68-45(8,9)10)40(63)52-32(22-35(59)67-44(5,6)7)39(62)50-30(18-19-34(58)66-43(2,3)4)38(61)51-31(37(47)60)21-26-23-48-29-17-13-12-15-27(26)29/h12-13,15,17,23,25,28,30-32,36,48-49,56H,14,16,18-22,24,46H2,1-11H3,(H2,47,60)(H,50,62)(H,51,61)(H,52,63)(H,53,57)(H,54,65)/t25-,28+,30-,31+,32+,36+/m1/s1. The summed E-state index contributed by atoms with van der Waals surface area (Å²) in [5.74, 6) is -7.31. The molecule has 0 aliphatic rings. The quantitative estimate of drug-likeness (QED) is 0.0286. The Labute approximate surface area is 396 Å². The molecular weight excluding hydrogens is 889 g/mol. The van der Waals surface area contributed by atoms with Crippen LogP contribution in [0.25, 0.3) is 10.9 Å². The molecule has 0 aliphatic carbocycles. The number of H-pyrrole nitrogens is 1. The molecule has 0 aliphatic heterocycles. The van der Waals surface area contributed by atoms with Crippen molar-refractivity contribution in [3.05, 3.63) is 36.0 Å². The topological polar surface area (TPSA) is 345 Å². The molecule has 0 radical (unpaired) electrons. The SMILES string of the molecule is C[C@@H](O)[C@H](NC(=O)CN(C)C(=O)[C@@H](N)CCCNNC(=O)OC(C)(C)C)C(=O)N[C@@H](CC(=O)OC(C)(C)C)C(=O)N[C@H](CCC(=O)OC(C)(C)C)C(=O)N[C@@H](Cc1c[nH]c2ccccc12)C(N)=O. The predicted octanol–water partition coefficient (Wildman–Crippen LogP) is -0.0354. The number of nitrogens with one attached hydrogen (secondary N) is 7. The number of carbonyl (C=O) groups excluding carboxylic acids is 9. The number of fused-ring (bicyclic) bond motifs is 1. The van der Waals surface area contributed by atoms with E-state index >= 15 is 0 Å².